The highest BCUT2D eigenvalue weighted by Gasteiger charge is 2.21. The first kappa shape index (κ1) is 10.9. The second-order valence-electron chi connectivity index (χ2n) is 3.63. The van der Waals surface area contributed by atoms with Gasteiger partial charge < -0.3 is 0 Å². The van der Waals surface area contributed by atoms with E-state index in [0.29, 0.717) is 5.69 Å². The average molecular weight is 231 g/mol. The van der Waals surface area contributed by atoms with Gasteiger partial charge in [-0.05, 0) is 5.92 Å². The van der Waals surface area contributed by atoms with E-state index >= 15 is 0 Å². The van der Waals surface area contributed by atoms with Crippen molar-refractivity contribution in [2.45, 2.75) is 19.8 Å². The van der Waals surface area contributed by atoms with Crippen molar-refractivity contribution in [3.8, 4) is 6.07 Å². The minimum Gasteiger partial charge on any atom is -0.243 e. The molecule has 0 saturated heterocycles. The van der Waals surface area contributed by atoms with Crippen molar-refractivity contribution in [1.29, 1.82) is 5.26 Å². The van der Waals surface area contributed by atoms with Crippen molar-refractivity contribution in [3.05, 3.63) is 23.8 Å². The van der Waals surface area contributed by atoms with Crippen LogP contribution in [0.1, 0.15) is 31.2 Å². The van der Waals surface area contributed by atoms with Gasteiger partial charge in [0.25, 0.3) is 0 Å². The average Bonchev–Trinajstić information content (AvgIpc) is 2.96. The van der Waals surface area contributed by atoms with Gasteiger partial charge in [0.2, 0.25) is 0 Å². The van der Waals surface area contributed by atoms with Crippen molar-refractivity contribution in [2.75, 3.05) is 0 Å². The van der Waals surface area contributed by atoms with Crippen LogP contribution in [0, 0.1) is 11.3 Å². The molecule has 2 aromatic rings. The molecule has 0 radical (unpaired) electrons. The van der Waals surface area contributed by atoms with Crippen LogP contribution < -0.4 is 0 Å². The highest BCUT2D eigenvalue weighted by atomic mass is 16.2. The molecule has 17 heavy (non-hydrogen) atoms. The summed E-state index contributed by atoms with van der Waals surface area (Å²) in [5.74, 6) is -0.0490. The SMILES string of the molecule is CC(C)c1c(C#N)nnn1C(=O)n1ccnn1. The molecule has 2 aromatic heterocycles. The van der Waals surface area contributed by atoms with Crippen LogP contribution in [-0.2, 0) is 0 Å². The summed E-state index contributed by atoms with van der Waals surface area (Å²) >= 11 is 0. The van der Waals surface area contributed by atoms with Crippen molar-refractivity contribution >= 4 is 6.03 Å². The third-order valence-corrected chi connectivity index (χ3v) is 2.16. The van der Waals surface area contributed by atoms with E-state index in [-0.39, 0.29) is 11.6 Å². The first-order chi connectivity index (χ1) is 8.15. The Morgan fingerprint density at radius 2 is 2.24 bits per heavy atom. The second kappa shape index (κ2) is 4.13. The minimum atomic E-state index is -0.514. The number of hydrogen-bond acceptors (Lipinski definition) is 6. The fourth-order valence-corrected chi connectivity index (χ4v) is 1.44. The van der Waals surface area contributed by atoms with Gasteiger partial charge in [-0.15, -0.1) is 10.2 Å². The predicted molar refractivity (Wildman–Crippen MR) is 55.0 cm³/mol. The molecule has 86 valence electrons. The van der Waals surface area contributed by atoms with Crippen molar-refractivity contribution in [1.82, 2.24) is 30.0 Å². The van der Waals surface area contributed by atoms with Crippen molar-refractivity contribution < 1.29 is 4.79 Å². The highest BCUT2D eigenvalue weighted by Crippen LogP contribution is 2.16. The zero-order valence-corrected chi connectivity index (χ0v) is 9.27. The number of carbonyl (C=O) groups is 1. The van der Waals surface area contributed by atoms with E-state index in [1.807, 2.05) is 19.9 Å². The maximum Gasteiger partial charge on any atom is 0.372 e. The molecule has 0 unspecified atom stereocenters. The van der Waals surface area contributed by atoms with Gasteiger partial charge >= 0.3 is 6.03 Å². The summed E-state index contributed by atoms with van der Waals surface area (Å²) < 4.78 is 2.10. The molecule has 0 N–H and O–H groups in total. The molecule has 0 aliphatic rings. The largest absolute Gasteiger partial charge is 0.372 e. The molecule has 0 atom stereocenters. The topological polar surface area (TPSA) is 102 Å². The van der Waals surface area contributed by atoms with Crippen LogP contribution >= 0.6 is 0 Å². The van der Waals surface area contributed by atoms with E-state index in [1.54, 1.807) is 0 Å². The van der Waals surface area contributed by atoms with Gasteiger partial charge in [0.05, 0.1) is 18.1 Å². The fraction of sp³-hybridized carbons (Fsp3) is 0.333. The highest BCUT2D eigenvalue weighted by molar-refractivity contribution is 5.78. The Kier molecular flexibility index (Phi) is 2.66. The normalized spacial score (nSPS) is 10.5. The Labute approximate surface area is 96.5 Å². The maximum absolute atomic E-state index is 12.0. The van der Waals surface area contributed by atoms with Gasteiger partial charge in [0.15, 0.2) is 5.69 Å². The zero-order chi connectivity index (χ0) is 12.4. The summed E-state index contributed by atoms with van der Waals surface area (Å²) in [6, 6.07) is 1.39. The van der Waals surface area contributed by atoms with E-state index in [2.05, 4.69) is 20.6 Å². The minimum absolute atomic E-state index is 0.0490. The molecule has 0 saturated carbocycles. The molecular weight excluding hydrogens is 222 g/mol. The first-order valence-corrected chi connectivity index (χ1v) is 4.92. The molecule has 0 fully saturated rings. The predicted octanol–water partition coefficient (Wildman–Crippen LogP) is 0.381. The summed E-state index contributed by atoms with van der Waals surface area (Å²) in [5.41, 5.74) is 0.612. The van der Waals surface area contributed by atoms with Gasteiger partial charge in [-0.2, -0.15) is 14.6 Å². The van der Waals surface area contributed by atoms with Gasteiger partial charge in [0, 0.05) is 0 Å². The molecule has 0 bridgehead atoms. The van der Waals surface area contributed by atoms with Crippen LogP contribution in [0.4, 0.5) is 4.79 Å². The lowest BCUT2D eigenvalue weighted by Crippen LogP contribution is -2.24. The monoisotopic (exact) mass is 231 g/mol. The molecule has 0 amide bonds. The van der Waals surface area contributed by atoms with E-state index in [9.17, 15) is 4.79 Å². The van der Waals surface area contributed by atoms with Crippen molar-refractivity contribution in [3.63, 3.8) is 0 Å². The van der Waals surface area contributed by atoms with E-state index in [0.717, 1.165) is 9.36 Å². The first-order valence-electron chi connectivity index (χ1n) is 4.92. The Morgan fingerprint density at radius 3 is 2.76 bits per heavy atom. The van der Waals surface area contributed by atoms with Gasteiger partial charge in [0.1, 0.15) is 6.07 Å². The zero-order valence-electron chi connectivity index (χ0n) is 9.27. The Hall–Kier alpha value is -2.56. The second-order valence-corrected chi connectivity index (χ2v) is 3.63. The molecular formula is C9H9N7O. The summed E-state index contributed by atoms with van der Waals surface area (Å²) in [6.07, 6.45) is 2.79. The molecule has 0 spiro atoms. The molecule has 8 heteroatoms. The summed E-state index contributed by atoms with van der Waals surface area (Å²) in [7, 11) is 0. The quantitative estimate of drug-likeness (QED) is 0.703. The molecule has 2 heterocycles. The smallest absolute Gasteiger partial charge is 0.243 e. The number of carbonyl (C=O) groups excluding carboxylic acids is 1. The lowest BCUT2D eigenvalue weighted by Gasteiger charge is -2.06. The van der Waals surface area contributed by atoms with E-state index in [1.165, 1.54) is 12.4 Å². The van der Waals surface area contributed by atoms with Gasteiger partial charge in [-0.3, -0.25) is 0 Å². The molecule has 0 aromatic carbocycles. The van der Waals surface area contributed by atoms with E-state index in [4.69, 9.17) is 5.26 Å². The standard InChI is InChI=1S/C9H9N7O/c1-6(2)8-7(5-10)12-14-16(8)9(17)15-4-3-11-13-15/h3-4,6H,1-2H3. The fourth-order valence-electron chi connectivity index (χ4n) is 1.44. The van der Waals surface area contributed by atoms with Crippen molar-refractivity contribution in [2.24, 2.45) is 0 Å². The molecule has 2 rings (SSSR count). The Balaban J connectivity index is 2.50. The Bertz CT molecular complexity index is 575. The third kappa shape index (κ3) is 1.78. The summed E-state index contributed by atoms with van der Waals surface area (Å²) in [6.45, 7) is 3.70. The van der Waals surface area contributed by atoms with Crippen LogP contribution in [0.3, 0.4) is 0 Å². The number of rotatable bonds is 1. The lowest BCUT2D eigenvalue weighted by atomic mass is 10.1. The number of aromatic nitrogens is 6. The number of nitrogens with zero attached hydrogens (tertiary/aromatic N) is 7. The van der Waals surface area contributed by atoms with Crippen LogP contribution in [0.2, 0.25) is 0 Å². The summed E-state index contributed by atoms with van der Waals surface area (Å²) in [4.78, 5) is 12.0. The van der Waals surface area contributed by atoms with Crippen LogP contribution in [-0.4, -0.2) is 36.0 Å². The number of hydrogen-bond donors (Lipinski definition) is 0. The van der Waals surface area contributed by atoms with Crippen LogP contribution in [0.25, 0.3) is 0 Å². The van der Waals surface area contributed by atoms with Crippen LogP contribution in [0.15, 0.2) is 12.4 Å². The lowest BCUT2D eigenvalue weighted by molar-refractivity contribution is 0.236. The Morgan fingerprint density at radius 1 is 1.47 bits per heavy atom. The summed E-state index contributed by atoms with van der Waals surface area (Å²) in [5, 5.41) is 23.3. The maximum atomic E-state index is 12.0. The van der Waals surface area contributed by atoms with E-state index < -0.39 is 6.03 Å². The van der Waals surface area contributed by atoms with Crippen LogP contribution in [0.5, 0.6) is 0 Å². The third-order valence-electron chi connectivity index (χ3n) is 2.16. The molecule has 0 aliphatic heterocycles. The number of nitriles is 1. The van der Waals surface area contributed by atoms with Gasteiger partial charge in [-0.25, -0.2) is 4.79 Å². The van der Waals surface area contributed by atoms with Gasteiger partial charge in [-0.1, -0.05) is 24.3 Å². The molecule has 8 nitrogen and oxygen atoms in total. The molecule has 0 aliphatic carbocycles.